The molecule has 0 nitrogen and oxygen atoms in total. The SMILES string of the molecule is [CH2]C(CCCCCC)C(F)(F)C(F)(F)C(F)(F)C(F)(F)C(F)(F)C(F)(F)C(F)(F)C(F)(F)F. The van der Waals surface area contributed by atoms with E-state index in [-0.39, 0.29) is 6.42 Å². The molecule has 1 atom stereocenters. The molecule has 17 heteroatoms. The lowest BCUT2D eigenvalue weighted by Gasteiger charge is -2.43. The Kier molecular flexibility index (Phi) is 8.79. The normalized spacial score (nSPS) is 16.8. The van der Waals surface area contributed by atoms with Gasteiger partial charge in [0, 0.05) is 5.92 Å². The van der Waals surface area contributed by atoms with Crippen LogP contribution in [0.4, 0.5) is 74.6 Å². The van der Waals surface area contributed by atoms with Gasteiger partial charge in [0.2, 0.25) is 0 Å². The van der Waals surface area contributed by atoms with Crippen molar-refractivity contribution in [1.29, 1.82) is 0 Å². The molecule has 1 radical (unpaired) electrons. The molecule has 0 aliphatic rings. The van der Waals surface area contributed by atoms with Crippen LogP contribution in [0.15, 0.2) is 0 Å². The maximum absolute atomic E-state index is 13.9. The van der Waals surface area contributed by atoms with Crippen molar-refractivity contribution < 1.29 is 74.6 Å². The zero-order valence-electron chi connectivity index (χ0n) is 16.2. The number of rotatable bonds is 12. The van der Waals surface area contributed by atoms with Gasteiger partial charge in [0.1, 0.15) is 0 Å². The molecular formula is C16H16F17. The second kappa shape index (κ2) is 9.11. The first-order chi connectivity index (χ1) is 14.2. The van der Waals surface area contributed by atoms with E-state index in [0.717, 1.165) is 0 Å². The molecule has 0 aromatic rings. The molecule has 0 N–H and O–H groups in total. The first kappa shape index (κ1) is 31.8. The van der Waals surface area contributed by atoms with E-state index in [2.05, 4.69) is 6.92 Å². The van der Waals surface area contributed by atoms with Crippen LogP contribution < -0.4 is 0 Å². The average Bonchev–Trinajstić information content (AvgIpc) is 2.62. The molecule has 199 valence electrons. The Labute approximate surface area is 175 Å². The summed E-state index contributed by atoms with van der Waals surface area (Å²) in [6.07, 6.45) is -8.59. The van der Waals surface area contributed by atoms with Gasteiger partial charge in [0.05, 0.1) is 0 Å². The predicted octanol–water partition coefficient (Wildman–Crippen LogP) is 8.42. The average molecular weight is 531 g/mol. The van der Waals surface area contributed by atoms with Crippen molar-refractivity contribution in [3.05, 3.63) is 6.92 Å². The lowest BCUT2D eigenvalue weighted by atomic mass is 9.84. The molecule has 0 amide bonds. The molecule has 0 aromatic heterocycles. The van der Waals surface area contributed by atoms with Crippen LogP contribution in [-0.4, -0.2) is 47.6 Å². The minimum Gasteiger partial charge on any atom is -0.199 e. The van der Waals surface area contributed by atoms with Crippen LogP contribution in [0.3, 0.4) is 0 Å². The summed E-state index contributed by atoms with van der Waals surface area (Å²) in [6, 6.07) is 0. The summed E-state index contributed by atoms with van der Waals surface area (Å²) in [5, 5.41) is 0. The molecular weight excluding hydrogens is 515 g/mol. The largest absolute Gasteiger partial charge is 0.460 e. The second-order valence-corrected chi connectivity index (χ2v) is 7.11. The standard InChI is InChI=1S/C16H16F17/c1-3-4-5-6-7-8(2)9(17,18)10(19,20)11(21,22)12(23,24)13(25,26)14(27,28)15(29,30)16(31,32)33/h8H,2-7H2,1H3. The number of halogens is 17. The molecule has 0 bridgehead atoms. The van der Waals surface area contributed by atoms with E-state index in [4.69, 9.17) is 0 Å². The van der Waals surface area contributed by atoms with E-state index >= 15 is 0 Å². The second-order valence-electron chi connectivity index (χ2n) is 7.11. The number of hydrogen-bond acceptors (Lipinski definition) is 0. The van der Waals surface area contributed by atoms with E-state index in [1.165, 1.54) is 0 Å². The number of hydrogen-bond donors (Lipinski definition) is 0. The van der Waals surface area contributed by atoms with Gasteiger partial charge in [-0.15, -0.1) is 0 Å². The van der Waals surface area contributed by atoms with Gasteiger partial charge in [-0.1, -0.05) is 32.6 Å². The van der Waals surface area contributed by atoms with Crippen molar-refractivity contribution in [3.63, 3.8) is 0 Å². The van der Waals surface area contributed by atoms with E-state index in [0.29, 0.717) is 12.8 Å². The van der Waals surface area contributed by atoms with E-state index in [1.54, 1.807) is 6.92 Å². The summed E-state index contributed by atoms with van der Waals surface area (Å²) in [5.74, 6) is -59.3. The highest BCUT2D eigenvalue weighted by Gasteiger charge is 2.95. The highest BCUT2D eigenvalue weighted by atomic mass is 19.4. The number of alkyl halides is 17. The minimum absolute atomic E-state index is 0.0214. The summed E-state index contributed by atoms with van der Waals surface area (Å²) in [4.78, 5) is 0. The minimum atomic E-state index is -8.60. The molecule has 0 rings (SSSR count). The molecule has 33 heavy (non-hydrogen) atoms. The van der Waals surface area contributed by atoms with Crippen molar-refractivity contribution in [2.45, 2.75) is 86.7 Å². The third-order valence-corrected chi connectivity index (χ3v) is 4.67. The quantitative estimate of drug-likeness (QED) is 0.175. The topological polar surface area (TPSA) is 0 Å². The van der Waals surface area contributed by atoms with E-state index < -0.39 is 66.4 Å². The summed E-state index contributed by atoms with van der Waals surface area (Å²) in [5.41, 5.74) is 0. The fourth-order valence-corrected chi connectivity index (χ4v) is 2.43. The van der Waals surface area contributed by atoms with E-state index in [9.17, 15) is 74.6 Å². The summed E-state index contributed by atoms with van der Waals surface area (Å²) >= 11 is 0. The maximum atomic E-state index is 13.9. The lowest BCUT2D eigenvalue weighted by molar-refractivity contribution is -0.463. The fourth-order valence-electron chi connectivity index (χ4n) is 2.43. The zero-order valence-corrected chi connectivity index (χ0v) is 16.2. The Morgan fingerprint density at radius 3 is 1.15 bits per heavy atom. The lowest BCUT2D eigenvalue weighted by Crippen LogP contribution is -2.74. The summed E-state index contributed by atoms with van der Waals surface area (Å²) in [6.45, 7) is 3.93. The van der Waals surface area contributed by atoms with Gasteiger partial charge >= 0.3 is 47.6 Å². The Balaban J connectivity index is 6.42. The number of unbranched alkanes of at least 4 members (excludes halogenated alkanes) is 3. The summed E-state index contributed by atoms with van der Waals surface area (Å²) < 4.78 is 224. The molecule has 0 aliphatic heterocycles. The third-order valence-electron chi connectivity index (χ3n) is 4.67. The molecule has 0 aliphatic carbocycles. The van der Waals surface area contributed by atoms with Crippen molar-refractivity contribution in [2.24, 2.45) is 5.92 Å². The molecule has 0 spiro atoms. The van der Waals surface area contributed by atoms with Gasteiger partial charge in [-0.05, 0) is 13.3 Å². The van der Waals surface area contributed by atoms with Crippen LogP contribution in [0.1, 0.15) is 39.0 Å². The van der Waals surface area contributed by atoms with Crippen molar-refractivity contribution in [1.82, 2.24) is 0 Å². The molecule has 1 unspecified atom stereocenters. The van der Waals surface area contributed by atoms with Crippen LogP contribution >= 0.6 is 0 Å². The first-order valence-electron chi connectivity index (χ1n) is 8.77. The van der Waals surface area contributed by atoms with Gasteiger partial charge in [-0.25, -0.2) is 0 Å². The first-order valence-corrected chi connectivity index (χ1v) is 8.77. The van der Waals surface area contributed by atoms with Crippen LogP contribution in [-0.2, 0) is 0 Å². The van der Waals surface area contributed by atoms with Crippen molar-refractivity contribution >= 4 is 0 Å². The van der Waals surface area contributed by atoms with Gasteiger partial charge < -0.3 is 0 Å². The summed E-state index contributed by atoms with van der Waals surface area (Å²) in [7, 11) is 0. The molecule has 0 aromatic carbocycles. The van der Waals surface area contributed by atoms with Gasteiger partial charge in [-0.3, -0.25) is 0 Å². The molecule has 0 saturated heterocycles. The fraction of sp³-hybridized carbons (Fsp3) is 0.938. The zero-order chi connectivity index (χ0) is 27.1. The third kappa shape index (κ3) is 4.69. The van der Waals surface area contributed by atoms with E-state index in [1.807, 2.05) is 0 Å². The van der Waals surface area contributed by atoms with Crippen LogP contribution in [0.25, 0.3) is 0 Å². The van der Waals surface area contributed by atoms with Gasteiger partial charge in [0.15, 0.2) is 0 Å². The van der Waals surface area contributed by atoms with Crippen LogP contribution in [0, 0.1) is 12.8 Å². The molecule has 0 saturated carbocycles. The van der Waals surface area contributed by atoms with Crippen molar-refractivity contribution in [2.75, 3.05) is 0 Å². The van der Waals surface area contributed by atoms with Gasteiger partial charge in [-0.2, -0.15) is 74.6 Å². The van der Waals surface area contributed by atoms with Crippen molar-refractivity contribution in [3.8, 4) is 0 Å². The Morgan fingerprint density at radius 2 is 0.818 bits per heavy atom. The highest BCUT2D eigenvalue weighted by Crippen LogP contribution is 2.64. The van der Waals surface area contributed by atoms with Gasteiger partial charge in [0.25, 0.3) is 0 Å². The highest BCUT2D eigenvalue weighted by molar-refractivity contribution is 5.15. The smallest absolute Gasteiger partial charge is 0.199 e. The predicted molar refractivity (Wildman–Crippen MR) is 78.3 cm³/mol. The van der Waals surface area contributed by atoms with Crippen LogP contribution in [0.5, 0.6) is 0 Å². The Bertz CT molecular complexity index is 646. The Morgan fingerprint density at radius 1 is 0.485 bits per heavy atom. The molecule has 0 heterocycles. The van der Waals surface area contributed by atoms with Crippen LogP contribution in [0.2, 0.25) is 0 Å². The molecule has 0 fully saturated rings. The maximum Gasteiger partial charge on any atom is 0.460 e. The Hall–Kier alpha value is -1.19. The monoisotopic (exact) mass is 531 g/mol.